The molecule has 0 saturated heterocycles. The van der Waals surface area contributed by atoms with E-state index in [4.69, 9.17) is 5.11 Å². The Hall–Kier alpha value is -0.920. The van der Waals surface area contributed by atoms with Gasteiger partial charge >= 0.3 is 0 Å². The number of nitrogens with one attached hydrogen (secondary N) is 1. The Kier molecular flexibility index (Phi) is 4.04. The molecule has 18 heavy (non-hydrogen) atoms. The molecule has 7 heteroatoms. The van der Waals surface area contributed by atoms with Gasteiger partial charge in [-0.1, -0.05) is 6.92 Å². The van der Waals surface area contributed by atoms with E-state index in [1.165, 1.54) is 10.5 Å². The molecule has 1 saturated carbocycles. The minimum Gasteiger partial charge on any atom is -0.392 e. The number of hydrogen-bond acceptors (Lipinski definition) is 4. The lowest BCUT2D eigenvalue weighted by atomic mass is 10.4. The molecule has 1 fully saturated rings. The quantitative estimate of drug-likeness (QED) is 0.766. The first-order valence-corrected chi connectivity index (χ1v) is 7.66. The summed E-state index contributed by atoms with van der Waals surface area (Å²) in [4.78, 5) is 0. The van der Waals surface area contributed by atoms with Gasteiger partial charge in [0.05, 0.1) is 12.8 Å². The second kappa shape index (κ2) is 5.38. The van der Waals surface area contributed by atoms with Crippen molar-refractivity contribution in [1.82, 2.24) is 14.5 Å². The van der Waals surface area contributed by atoms with Crippen LogP contribution in [0.15, 0.2) is 11.2 Å². The van der Waals surface area contributed by atoms with Crippen LogP contribution >= 0.6 is 0 Å². The van der Waals surface area contributed by atoms with E-state index in [-0.39, 0.29) is 11.6 Å². The number of aromatic nitrogens is 2. The third kappa shape index (κ3) is 2.73. The second-order valence-electron chi connectivity index (χ2n) is 4.69. The summed E-state index contributed by atoms with van der Waals surface area (Å²) in [7, 11) is -3.56. The van der Waals surface area contributed by atoms with Crippen LogP contribution in [0.5, 0.6) is 0 Å². The van der Waals surface area contributed by atoms with Gasteiger partial charge in [-0.2, -0.15) is 9.40 Å². The molecular formula is C11H19N3O3S. The Balaban J connectivity index is 2.25. The van der Waals surface area contributed by atoms with E-state index < -0.39 is 10.0 Å². The summed E-state index contributed by atoms with van der Waals surface area (Å²) in [5, 5.41) is 15.4. The normalized spacial score (nSPS) is 16.4. The highest BCUT2D eigenvalue weighted by Crippen LogP contribution is 2.31. The Morgan fingerprint density at radius 2 is 2.28 bits per heavy atom. The van der Waals surface area contributed by atoms with Crippen LogP contribution < -0.4 is 0 Å². The van der Waals surface area contributed by atoms with Gasteiger partial charge in [-0.05, 0) is 25.2 Å². The summed E-state index contributed by atoms with van der Waals surface area (Å²) in [6.45, 7) is 2.70. The molecule has 6 nitrogen and oxygen atoms in total. The van der Waals surface area contributed by atoms with Gasteiger partial charge in [-0.3, -0.25) is 5.10 Å². The van der Waals surface area contributed by atoms with Gasteiger partial charge in [0.15, 0.2) is 5.03 Å². The maximum Gasteiger partial charge on any atom is 0.260 e. The highest BCUT2D eigenvalue weighted by molar-refractivity contribution is 7.89. The van der Waals surface area contributed by atoms with Gasteiger partial charge < -0.3 is 5.11 Å². The van der Waals surface area contributed by atoms with Crippen LogP contribution in [0, 0.1) is 5.92 Å². The van der Waals surface area contributed by atoms with Crippen molar-refractivity contribution in [2.24, 2.45) is 5.92 Å². The molecule has 0 radical (unpaired) electrons. The molecule has 1 aromatic heterocycles. The summed E-state index contributed by atoms with van der Waals surface area (Å²) in [5.74, 6) is 0.492. The first-order chi connectivity index (χ1) is 8.59. The largest absolute Gasteiger partial charge is 0.392 e. The molecule has 1 aliphatic carbocycles. The molecular weight excluding hydrogens is 254 g/mol. The Bertz CT molecular complexity index is 493. The zero-order valence-electron chi connectivity index (χ0n) is 10.5. The van der Waals surface area contributed by atoms with E-state index in [0.717, 1.165) is 19.3 Å². The monoisotopic (exact) mass is 273 g/mol. The average Bonchev–Trinajstić information content (AvgIpc) is 3.02. The number of sulfonamides is 1. The number of rotatable bonds is 7. The summed E-state index contributed by atoms with van der Waals surface area (Å²) in [5.41, 5.74) is 0.326. The van der Waals surface area contributed by atoms with Gasteiger partial charge in [-0.25, -0.2) is 8.42 Å². The van der Waals surface area contributed by atoms with E-state index in [0.29, 0.717) is 24.6 Å². The van der Waals surface area contributed by atoms with Crippen molar-refractivity contribution in [3.63, 3.8) is 0 Å². The summed E-state index contributed by atoms with van der Waals surface area (Å²) in [6, 6.07) is 0. The van der Waals surface area contributed by atoms with Crippen molar-refractivity contribution in [1.29, 1.82) is 0 Å². The zero-order chi connectivity index (χ0) is 13.2. The number of aliphatic hydroxyl groups is 1. The number of H-pyrrole nitrogens is 1. The van der Waals surface area contributed by atoms with Crippen molar-refractivity contribution in [3.8, 4) is 0 Å². The Labute approximate surface area is 107 Å². The van der Waals surface area contributed by atoms with Gasteiger partial charge in [0.25, 0.3) is 10.0 Å². The number of hydrogen-bond donors (Lipinski definition) is 2. The molecule has 2 N–H and O–H groups in total. The fourth-order valence-corrected chi connectivity index (χ4v) is 3.62. The first-order valence-electron chi connectivity index (χ1n) is 6.22. The molecule has 1 aliphatic rings. The van der Waals surface area contributed by atoms with Crippen molar-refractivity contribution in [2.75, 3.05) is 13.1 Å². The third-order valence-electron chi connectivity index (χ3n) is 3.08. The first kappa shape index (κ1) is 13.5. The van der Waals surface area contributed by atoms with Crippen molar-refractivity contribution < 1.29 is 13.5 Å². The molecule has 0 unspecified atom stereocenters. The minimum absolute atomic E-state index is 0.0269. The fourth-order valence-electron chi connectivity index (χ4n) is 1.91. The molecule has 1 aromatic rings. The topological polar surface area (TPSA) is 86.3 Å². The lowest BCUT2D eigenvalue weighted by Gasteiger charge is -2.21. The van der Waals surface area contributed by atoms with Crippen molar-refractivity contribution >= 4 is 10.0 Å². The standard InChI is InChI=1S/C11H19N3O3S/c1-2-5-14(7-9-3-4-9)18(16,17)11-10(8-15)6-12-13-11/h6,9,15H,2-5,7-8H2,1H3,(H,12,13). The molecule has 1 heterocycles. The highest BCUT2D eigenvalue weighted by atomic mass is 32.2. The molecule has 0 amide bonds. The number of aromatic amines is 1. The second-order valence-corrected chi connectivity index (χ2v) is 6.56. The van der Waals surface area contributed by atoms with Crippen molar-refractivity contribution in [3.05, 3.63) is 11.8 Å². The maximum absolute atomic E-state index is 12.5. The number of nitrogens with zero attached hydrogens (tertiary/aromatic N) is 2. The molecule has 0 aliphatic heterocycles. The molecule has 0 bridgehead atoms. The van der Waals surface area contributed by atoms with Crippen LogP contribution in [-0.4, -0.2) is 41.1 Å². The Morgan fingerprint density at radius 1 is 1.56 bits per heavy atom. The fraction of sp³-hybridized carbons (Fsp3) is 0.727. The smallest absolute Gasteiger partial charge is 0.260 e. The zero-order valence-corrected chi connectivity index (χ0v) is 11.3. The molecule has 0 spiro atoms. The lowest BCUT2D eigenvalue weighted by Crippen LogP contribution is -2.34. The molecule has 102 valence electrons. The Morgan fingerprint density at radius 3 is 2.83 bits per heavy atom. The van der Waals surface area contributed by atoms with Crippen LogP contribution in [-0.2, 0) is 16.6 Å². The predicted octanol–water partition coefficient (Wildman–Crippen LogP) is 0.713. The van der Waals surface area contributed by atoms with Crippen LogP contribution in [0.2, 0.25) is 0 Å². The minimum atomic E-state index is -3.56. The molecule has 0 atom stereocenters. The van der Waals surface area contributed by atoms with E-state index in [1.54, 1.807) is 0 Å². The van der Waals surface area contributed by atoms with Crippen molar-refractivity contribution in [2.45, 2.75) is 37.8 Å². The highest BCUT2D eigenvalue weighted by Gasteiger charge is 2.33. The van der Waals surface area contributed by atoms with Gasteiger partial charge in [0, 0.05) is 18.7 Å². The van der Waals surface area contributed by atoms with Crippen LogP contribution in [0.1, 0.15) is 31.7 Å². The van der Waals surface area contributed by atoms with Gasteiger partial charge in [-0.15, -0.1) is 0 Å². The molecule has 0 aromatic carbocycles. The SMILES string of the molecule is CCCN(CC1CC1)S(=O)(=O)c1[nH]ncc1CO. The maximum atomic E-state index is 12.5. The third-order valence-corrected chi connectivity index (χ3v) is 4.96. The van der Waals surface area contributed by atoms with E-state index in [9.17, 15) is 8.42 Å². The van der Waals surface area contributed by atoms with E-state index in [1.807, 2.05) is 6.92 Å². The van der Waals surface area contributed by atoms with Crippen LogP contribution in [0.3, 0.4) is 0 Å². The predicted molar refractivity (Wildman–Crippen MR) is 66.3 cm³/mol. The summed E-state index contributed by atoms with van der Waals surface area (Å²) >= 11 is 0. The van der Waals surface area contributed by atoms with Crippen LogP contribution in [0.4, 0.5) is 0 Å². The summed E-state index contributed by atoms with van der Waals surface area (Å²) < 4.78 is 26.4. The number of aliphatic hydroxyl groups excluding tert-OH is 1. The average molecular weight is 273 g/mol. The molecule has 2 rings (SSSR count). The van der Waals surface area contributed by atoms with Crippen LogP contribution in [0.25, 0.3) is 0 Å². The lowest BCUT2D eigenvalue weighted by molar-refractivity contribution is 0.277. The van der Waals surface area contributed by atoms with E-state index >= 15 is 0 Å². The summed E-state index contributed by atoms with van der Waals surface area (Å²) in [6.07, 6.45) is 4.33. The van der Waals surface area contributed by atoms with Gasteiger partial charge in [0.2, 0.25) is 0 Å². The van der Waals surface area contributed by atoms with E-state index in [2.05, 4.69) is 10.2 Å². The van der Waals surface area contributed by atoms with Gasteiger partial charge in [0.1, 0.15) is 0 Å².